The quantitative estimate of drug-likeness (QED) is 0.677. The highest BCUT2D eigenvalue weighted by Gasteiger charge is 2.20. The van der Waals surface area contributed by atoms with Crippen LogP contribution in [0.25, 0.3) is 0 Å². The second-order valence-electron chi connectivity index (χ2n) is 4.41. The van der Waals surface area contributed by atoms with Crippen LogP contribution in [0.3, 0.4) is 0 Å². The molecule has 22 heavy (non-hydrogen) atoms. The van der Waals surface area contributed by atoms with Gasteiger partial charge in [-0.3, -0.25) is 14.9 Å². The zero-order valence-corrected chi connectivity index (χ0v) is 12.5. The van der Waals surface area contributed by atoms with Crippen LogP contribution in [0.15, 0.2) is 42.5 Å². The first-order valence-electron chi connectivity index (χ1n) is 6.37. The number of benzene rings is 2. The van der Waals surface area contributed by atoms with Crippen LogP contribution >= 0.6 is 11.6 Å². The van der Waals surface area contributed by atoms with E-state index in [4.69, 9.17) is 16.3 Å². The first-order chi connectivity index (χ1) is 10.5. The molecule has 0 heterocycles. The number of halogens is 1. The maximum absolute atomic E-state index is 12.2. The Morgan fingerprint density at radius 3 is 2.73 bits per heavy atom. The largest absolute Gasteiger partial charge is 0.496 e. The minimum Gasteiger partial charge on any atom is -0.496 e. The lowest BCUT2D eigenvalue weighted by Crippen LogP contribution is -2.24. The highest BCUT2D eigenvalue weighted by Crippen LogP contribution is 2.23. The van der Waals surface area contributed by atoms with Gasteiger partial charge in [0.25, 0.3) is 11.6 Å². The topological polar surface area (TPSA) is 81.5 Å². The first kappa shape index (κ1) is 15.8. The van der Waals surface area contributed by atoms with E-state index in [0.717, 1.165) is 5.56 Å². The van der Waals surface area contributed by atoms with Crippen molar-refractivity contribution in [3.05, 3.63) is 68.7 Å². The van der Waals surface area contributed by atoms with Crippen LogP contribution in [-0.2, 0) is 6.54 Å². The molecule has 0 radical (unpaired) electrons. The Kier molecular flexibility index (Phi) is 4.95. The number of carbonyl (C=O) groups excluding carboxylic acids is 1. The second kappa shape index (κ2) is 6.91. The van der Waals surface area contributed by atoms with Gasteiger partial charge in [-0.1, -0.05) is 29.8 Å². The molecular formula is C15H13ClN2O4. The van der Waals surface area contributed by atoms with Crippen molar-refractivity contribution in [1.82, 2.24) is 5.32 Å². The summed E-state index contributed by atoms with van der Waals surface area (Å²) in [6.07, 6.45) is 0. The van der Waals surface area contributed by atoms with E-state index in [1.165, 1.54) is 25.3 Å². The van der Waals surface area contributed by atoms with Crippen LogP contribution in [0, 0.1) is 10.1 Å². The number of rotatable bonds is 5. The third-order valence-electron chi connectivity index (χ3n) is 3.03. The van der Waals surface area contributed by atoms with Crippen molar-refractivity contribution in [2.45, 2.75) is 6.54 Å². The van der Waals surface area contributed by atoms with E-state index in [-0.39, 0.29) is 22.8 Å². The van der Waals surface area contributed by atoms with Crippen LogP contribution in [0.1, 0.15) is 15.9 Å². The van der Waals surface area contributed by atoms with Gasteiger partial charge in [-0.2, -0.15) is 0 Å². The minimum atomic E-state index is -0.617. The minimum absolute atomic E-state index is 0.0765. The number of methoxy groups -OCH3 is 1. The number of nitrogens with one attached hydrogen (secondary N) is 1. The van der Waals surface area contributed by atoms with Crippen molar-refractivity contribution in [3.63, 3.8) is 0 Å². The number of nitrogens with zero attached hydrogens (tertiary/aromatic N) is 1. The van der Waals surface area contributed by atoms with Crippen molar-refractivity contribution in [3.8, 4) is 5.75 Å². The summed E-state index contributed by atoms with van der Waals surface area (Å²) in [6.45, 7) is 0.187. The Hall–Kier alpha value is -2.60. The van der Waals surface area contributed by atoms with Crippen LogP contribution in [0.2, 0.25) is 5.02 Å². The monoisotopic (exact) mass is 320 g/mol. The molecule has 0 aliphatic carbocycles. The fourth-order valence-electron chi connectivity index (χ4n) is 1.97. The zero-order chi connectivity index (χ0) is 16.1. The molecule has 2 aromatic rings. The summed E-state index contributed by atoms with van der Waals surface area (Å²) in [5.74, 6) is 0.0588. The van der Waals surface area contributed by atoms with Crippen molar-refractivity contribution >= 4 is 23.2 Å². The molecule has 0 bridgehead atoms. The van der Waals surface area contributed by atoms with E-state index >= 15 is 0 Å². The molecular weight excluding hydrogens is 308 g/mol. The van der Waals surface area contributed by atoms with Gasteiger partial charge in [-0.25, -0.2) is 0 Å². The lowest BCUT2D eigenvalue weighted by molar-refractivity contribution is -0.385. The highest BCUT2D eigenvalue weighted by atomic mass is 35.5. The van der Waals surface area contributed by atoms with E-state index in [1.54, 1.807) is 12.1 Å². The SMILES string of the molecule is COc1ccccc1CNC(=O)c1cc(Cl)ccc1[N+](=O)[O-]. The fraction of sp³-hybridized carbons (Fsp3) is 0.133. The molecule has 7 heteroatoms. The molecule has 1 amide bonds. The molecule has 0 saturated heterocycles. The van der Waals surface area contributed by atoms with Crippen LogP contribution < -0.4 is 10.1 Å². The second-order valence-corrected chi connectivity index (χ2v) is 4.85. The van der Waals surface area contributed by atoms with E-state index in [1.807, 2.05) is 12.1 Å². The molecule has 0 atom stereocenters. The van der Waals surface area contributed by atoms with Gasteiger partial charge >= 0.3 is 0 Å². The Labute approximate surface area is 131 Å². The van der Waals surface area contributed by atoms with Crippen molar-refractivity contribution < 1.29 is 14.5 Å². The third-order valence-corrected chi connectivity index (χ3v) is 3.27. The molecule has 0 aliphatic rings. The molecule has 0 aliphatic heterocycles. The lowest BCUT2D eigenvalue weighted by atomic mass is 10.1. The normalized spacial score (nSPS) is 10.1. The summed E-state index contributed by atoms with van der Waals surface area (Å²) in [5, 5.41) is 13.9. The van der Waals surface area contributed by atoms with Gasteiger partial charge in [0.1, 0.15) is 11.3 Å². The maximum atomic E-state index is 12.2. The number of para-hydroxylation sites is 1. The molecule has 2 aromatic carbocycles. The number of amides is 1. The molecule has 114 valence electrons. The van der Waals surface area contributed by atoms with Gasteiger partial charge in [-0.05, 0) is 18.2 Å². The Morgan fingerprint density at radius 1 is 1.32 bits per heavy atom. The predicted octanol–water partition coefficient (Wildman–Crippen LogP) is 3.19. The molecule has 6 nitrogen and oxygen atoms in total. The number of nitro benzene ring substituents is 1. The molecule has 0 aromatic heterocycles. The van der Waals surface area contributed by atoms with E-state index in [0.29, 0.717) is 5.75 Å². The molecule has 1 N–H and O–H groups in total. The number of nitro groups is 1. The summed E-state index contributed by atoms with van der Waals surface area (Å²) in [5.41, 5.74) is 0.400. The van der Waals surface area contributed by atoms with Crippen LogP contribution in [0.4, 0.5) is 5.69 Å². The number of hydrogen-bond donors (Lipinski definition) is 1. The average molecular weight is 321 g/mol. The summed E-state index contributed by atoms with van der Waals surface area (Å²) in [6, 6.07) is 11.0. The van der Waals surface area contributed by atoms with Gasteiger partial charge < -0.3 is 10.1 Å². The van der Waals surface area contributed by atoms with Crippen molar-refractivity contribution in [2.75, 3.05) is 7.11 Å². The van der Waals surface area contributed by atoms with E-state index in [2.05, 4.69) is 5.32 Å². The fourth-order valence-corrected chi connectivity index (χ4v) is 2.14. The third kappa shape index (κ3) is 3.53. The van der Waals surface area contributed by atoms with E-state index in [9.17, 15) is 14.9 Å². The first-order valence-corrected chi connectivity index (χ1v) is 6.74. The molecule has 0 unspecified atom stereocenters. The Bertz CT molecular complexity index is 718. The Morgan fingerprint density at radius 2 is 2.05 bits per heavy atom. The Balaban J connectivity index is 2.19. The number of ether oxygens (including phenoxy) is 1. The van der Waals surface area contributed by atoms with Crippen LogP contribution in [-0.4, -0.2) is 17.9 Å². The summed E-state index contributed by atoms with van der Waals surface area (Å²) >= 11 is 5.81. The standard InChI is InChI=1S/C15H13ClN2O4/c1-22-14-5-3-2-4-10(14)9-17-15(19)12-8-11(16)6-7-13(12)18(20)21/h2-8H,9H2,1H3,(H,17,19). The van der Waals surface area contributed by atoms with Gasteiger partial charge in [0, 0.05) is 23.2 Å². The zero-order valence-electron chi connectivity index (χ0n) is 11.7. The van der Waals surface area contributed by atoms with Crippen molar-refractivity contribution in [1.29, 1.82) is 0 Å². The summed E-state index contributed by atoms with van der Waals surface area (Å²) in [4.78, 5) is 22.5. The average Bonchev–Trinajstić information content (AvgIpc) is 2.52. The highest BCUT2D eigenvalue weighted by molar-refractivity contribution is 6.31. The summed E-state index contributed by atoms with van der Waals surface area (Å²) in [7, 11) is 1.53. The molecule has 2 rings (SSSR count). The lowest BCUT2D eigenvalue weighted by Gasteiger charge is -2.10. The smallest absolute Gasteiger partial charge is 0.282 e. The summed E-state index contributed by atoms with van der Waals surface area (Å²) < 4.78 is 5.18. The predicted molar refractivity (Wildman–Crippen MR) is 82.3 cm³/mol. The molecule has 0 fully saturated rings. The number of carbonyl (C=O) groups is 1. The van der Waals surface area contributed by atoms with Gasteiger partial charge in [-0.15, -0.1) is 0 Å². The molecule has 0 spiro atoms. The molecule has 0 saturated carbocycles. The van der Waals surface area contributed by atoms with Crippen molar-refractivity contribution in [2.24, 2.45) is 0 Å². The van der Waals surface area contributed by atoms with Gasteiger partial charge in [0.05, 0.1) is 12.0 Å². The maximum Gasteiger partial charge on any atom is 0.282 e. The number of hydrogen-bond acceptors (Lipinski definition) is 4. The van der Waals surface area contributed by atoms with E-state index < -0.39 is 10.8 Å². The van der Waals surface area contributed by atoms with Gasteiger partial charge in [0.2, 0.25) is 0 Å². The van der Waals surface area contributed by atoms with Crippen LogP contribution in [0.5, 0.6) is 5.75 Å². The van der Waals surface area contributed by atoms with Gasteiger partial charge in [0.15, 0.2) is 0 Å².